The van der Waals surface area contributed by atoms with Crippen molar-refractivity contribution in [1.82, 2.24) is 4.98 Å². The number of pyridine rings is 1. The monoisotopic (exact) mass is 244 g/mol. The minimum Gasteiger partial charge on any atom is -0.398 e. The van der Waals surface area contributed by atoms with Crippen LogP contribution in [0.2, 0.25) is 0 Å². The van der Waals surface area contributed by atoms with Crippen LogP contribution in [0.15, 0.2) is 41.4 Å². The second kappa shape index (κ2) is 5.23. The first-order valence-electron chi connectivity index (χ1n) is 5.56. The van der Waals surface area contributed by atoms with Crippen molar-refractivity contribution in [3.05, 3.63) is 53.3 Å². The van der Waals surface area contributed by atoms with Gasteiger partial charge in [-0.05, 0) is 43.2 Å². The number of hydrogen-bond acceptors (Lipinski definition) is 3. The summed E-state index contributed by atoms with van der Waals surface area (Å²) in [6, 6.07) is 10.2. The Kier molecular flexibility index (Phi) is 3.69. The van der Waals surface area contributed by atoms with E-state index < -0.39 is 0 Å². The summed E-state index contributed by atoms with van der Waals surface area (Å²) < 4.78 is 0. The van der Waals surface area contributed by atoms with Gasteiger partial charge in [0.15, 0.2) is 0 Å². The molecule has 2 N–H and O–H groups in total. The van der Waals surface area contributed by atoms with Crippen LogP contribution in [0.3, 0.4) is 0 Å². The fourth-order valence-corrected chi connectivity index (χ4v) is 2.68. The molecule has 17 heavy (non-hydrogen) atoms. The van der Waals surface area contributed by atoms with Crippen molar-refractivity contribution in [1.29, 1.82) is 0 Å². The van der Waals surface area contributed by atoms with Crippen molar-refractivity contribution in [2.45, 2.75) is 24.5 Å². The number of rotatable bonds is 3. The largest absolute Gasteiger partial charge is 0.398 e. The van der Waals surface area contributed by atoms with Crippen LogP contribution in [-0.4, -0.2) is 4.98 Å². The Balaban J connectivity index is 2.12. The van der Waals surface area contributed by atoms with Crippen LogP contribution in [0.1, 0.15) is 16.8 Å². The number of aromatic nitrogens is 1. The van der Waals surface area contributed by atoms with Crippen molar-refractivity contribution >= 4 is 17.4 Å². The van der Waals surface area contributed by atoms with E-state index in [1.54, 1.807) is 11.8 Å². The lowest BCUT2D eigenvalue weighted by Crippen LogP contribution is -1.93. The van der Waals surface area contributed by atoms with Crippen molar-refractivity contribution < 1.29 is 0 Å². The number of nitrogens with zero attached hydrogens (tertiary/aromatic N) is 1. The van der Waals surface area contributed by atoms with E-state index >= 15 is 0 Å². The van der Waals surface area contributed by atoms with E-state index in [1.807, 2.05) is 24.4 Å². The third-order valence-electron chi connectivity index (χ3n) is 2.65. The van der Waals surface area contributed by atoms with Gasteiger partial charge < -0.3 is 5.73 Å². The fraction of sp³-hybridized carbons (Fsp3) is 0.214. The molecule has 1 heterocycles. The highest BCUT2D eigenvalue weighted by Crippen LogP contribution is 2.29. The molecule has 1 aromatic carbocycles. The van der Waals surface area contributed by atoms with Crippen molar-refractivity contribution in [3.63, 3.8) is 0 Å². The third kappa shape index (κ3) is 3.01. The lowest BCUT2D eigenvalue weighted by atomic mass is 10.2. The van der Waals surface area contributed by atoms with E-state index in [0.29, 0.717) is 0 Å². The molecule has 0 spiro atoms. The molecule has 0 atom stereocenters. The van der Waals surface area contributed by atoms with Gasteiger partial charge in [0.1, 0.15) is 0 Å². The molecule has 0 amide bonds. The zero-order valence-corrected chi connectivity index (χ0v) is 10.9. The van der Waals surface area contributed by atoms with Gasteiger partial charge in [-0.2, -0.15) is 0 Å². The van der Waals surface area contributed by atoms with Crippen LogP contribution in [0.4, 0.5) is 5.69 Å². The van der Waals surface area contributed by atoms with Gasteiger partial charge >= 0.3 is 0 Å². The first-order valence-corrected chi connectivity index (χ1v) is 6.55. The molecule has 0 aliphatic heterocycles. The van der Waals surface area contributed by atoms with Crippen molar-refractivity contribution in [2.75, 3.05) is 5.73 Å². The van der Waals surface area contributed by atoms with Crippen molar-refractivity contribution in [2.24, 2.45) is 0 Å². The summed E-state index contributed by atoms with van der Waals surface area (Å²) in [5, 5.41) is 0. The quantitative estimate of drug-likeness (QED) is 0.662. The Bertz CT molecular complexity index is 523. The lowest BCUT2D eigenvalue weighted by Gasteiger charge is -2.07. The number of aryl methyl sites for hydroxylation is 2. The van der Waals surface area contributed by atoms with E-state index in [-0.39, 0.29) is 0 Å². The van der Waals surface area contributed by atoms with Crippen LogP contribution in [0.5, 0.6) is 0 Å². The summed E-state index contributed by atoms with van der Waals surface area (Å²) in [5.41, 5.74) is 10.4. The van der Waals surface area contributed by atoms with Gasteiger partial charge in [0.2, 0.25) is 0 Å². The molecular weight excluding hydrogens is 228 g/mol. The van der Waals surface area contributed by atoms with Gasteiger partial charge in [0.25, 0.3) is 0 Å². The van der Waals surface area contributed by atoms with E-state index in [2.05, 4.69) is 31.0 Å². The lowest BCUT2D eigenvalue weighted by molar-refractivity contribution is 1.13. The topological polar surface area (TPSA) is 38.9 Å². The molecule has 0 saturated heterocycles. The van der Waals surface area contributed by atoms with Crippen LogP contribution < -0.4 is 5.73 Å². The highest BCUT2D eigenvalue weighted by Gasteiger charge is 2.03. The zero-order chi connectivity index (χ0) is 12.3. The molecule has 0 saturated carbocycles. The number of thioether (sulfide) groups is 1. The summed E-state index contributed by atoms with van der Waals surface area (Å²) >= 11 is 1.74. The highest BCUT2D eigenvalue weighted by molar-refractivity contribution is 7.98. The normalized spacial score (nSPS) is 10.5. The van der Waals surface area contributed by atoms with Crippen LogP contribution in [0, 0.1) is 13.8 Å². The predicted molar refractivity (Wildman–Crippen MR) is 74.1 cm³/mol. The molecule has 0 aliphatic carbocycles. The Labute approximate surface area is 106 Å². The number of nitrogens with two attached hydrogens (primary N) is 1. The number of hydrogen-bond donors (Lipinski definition) is 1. The SMILES string of the molecule is Cc1ccc(N)c(SCc2ncccc2C)c1. The fourth-order valence-electron chi connectivity index (χ4n) is 1.58. The second-order valence-electron chi connectivity index (χ2n) is 4.10. The molecule has 0 bridgehead atoms. The maximum Gasteiger partial charge on any atom is 0.0535 e. The van der Waals surface area contributed by atoms with E-state index in [9.17, 15) is 0 Å². The summed E-state index contributed by atoms with van der Waals surface area (Å²) in [6.45, 7) is 4.16. The van der Waals surface area contributed by atoms with Crippen molar-refractivity contribution in [3.8, 4) is 0 Å². The number of benzene rings is 1. The molecule has 0 fully saturated rings. The molecule has 88 valence electrons. The molecule has 2 aromatic rings. The van der Waals surface area contributed by atoms with Gasteiger partial charge in [-0.3, -0.25) is 4.98 Å². The maximum atomic E-state index is 5.95. The number of anilines is 1. The van der Waals surface area contributed by atoms with E-state index in [0.717, 1.165) is 22.0 Å². The Morgan fingerprint density at radius 2 is 2.06 bits per heavy atom. The van der Waals surface area contributed by atoms with Gasteiger partial charge in [-0.1, -0.05) is 12.1 Å². The Morgan fingerprint density at radius 3 is 2.82 bits per heavy atom. The summed E-state index contributed by atoms with van der Waals surface area (Å²) in [5.74, 6) is 0.861. The molecule has 0 aliphatic rings. The van der Waals surface area contributed by atoms with Crippen LogP contribution >= 0.6 is 11.8 Å². The molecule has 3 heteroatoms. The molecule has 2 nitrogen and oxygen atoms in total. The predicted octanol–water partition coefficient (Wildman–Crippen LogP) is 3.57. The first kappa shape index (κ1) is 12.0. The third-order valence-corrected chi connectivity index (χ3v) is 3.73. The second-order valence-corrected chi connectivity index (χ2v) is 5.11. The van der Waals surface area contributed by atoms with E-state index in [1.165, 1.54) is 11.1 Å². The van der Waals surface area contributed by atoms with Gasteiger partial charge in [0, 0.05) is 22.5 Å². The molecule has 0 unspecified atom stereocenters. The molecule has 0 radical (unpaired) electrons. The van der Waals surface area contributed by atoms with Gasteiger partial charge in [0.05, 0.1) is 5.69 Å². The van der Waals surface area contributed by atoms with Crippen LogP contribution in [0.25, 0.3) is 0 Å². The summed E-state index contributed by atoms with van der Waals surface area (Å²) in [6.07, 6.45) is 1.84. The highest BCUT2D eigenvalue weighted by atomic mass is 32.2. The first-order chi connectivity index (χ1) is 8.16. The molecule has 2 rings (SSSR count). The standard InChI is InChI=1S/C14H16N2S/c1-10-5-6-12(15)14(8-10)17-9-13-11(2)4-3-7-16-13/h3-8H,9,15H2,1-2H3. The average Bonchev–Trinajstić information content (AvgIpc) is 2.32. The minimum atomic E-state index is 0.842. The van der Waals surface area contributed by atoms with E-state index in [4.69, 9.17) is 5.73 Å². The summed E-state index contributed by atoms with van der Waals surface area (Å²) in [7, 11) is 0. The molecule has 1 aromatic heterocycles. The molecular formula is C14H16N2S. The smallest absolute Gasteiger partial charge is 0.0535 e. The average molecular weight is 244 g/mol. The number of nitrogen functional groups attached to an aromatic ring is 1. The summed E-state index contributed by atoms with van der Waals surface area (Å²) in [4.78, 5) is 5.52. The Morgan fingerprint density at radius 1 is 1.24 bits per heavy atom. The minimum absolute atomic E-state index is 0.842. The Hall–Kier alpha value is -1.48. The zero-order valence-electron chi connectivity index (χ0n) is 10.1. The van der Waals surface area contributed by atoms with Gasteiger partial charge in [-0.15, -0.1) is 11.8 Å². The van der Waals surface area contributed by atoms with Gasteiger partial charge in [-0.25, -0.2) is 0 Å². The van der Waals surface area contributed by atoms with Crippen LogP contribution in [-0.2, 0) is 5.75 Å². The maximum absolute atomic E-state index is 5.95.